The average Bonchev–Trinajstić information content (AvgIpc) is 2.76. The van der Waals surface area contributed by atoms with Gasteiger partial charge in [-0.2, -0.15) is 10.4 Å². The number of pyridine rings is 1. The van der Waals surface area contributed by atoms with Crippen LogP contribution in [0.3, 0.4) is 0 Å². The van der Waals surface area contributed by atoms with Gasteiger partial charge in [0, 0.05) is 43.1 Å². The minimum Gasteiger partial charge on any atom is -0.354 e. The van der Waals surface area contributed by atoms with Crippen LogP contribution < -0.4 is 21.3 Å². The SMILES string of the molecule is Cc1c(C#N)cccc1[C@@H](N)Nc1nnc(C)c2cnc(N3CCNCC3)cc12. The monoisotopic (exact) mass is 388 g/mol. The smallest absolute Gasteiger partial charge is 0.158 e. The molecule has 4 N–H and O–H groups in total. The molecule has 1 aromatic carbocycles. The van der Waals surface area contributed by atoms with Crippen LogP contribution in [0, 0.1) is 25.2 Å². The van der Waals surface area contributed by atoms with Crippen LogP contribution in [0.25, 0.3) is 10.8 Å². The molecule has 0 spiro atoms. The van der Waals surface area contributed by atoms with E-state index >= 15 is 0 Å². The molecule has 29 heavy (non-hydrogen) atoms. The predicted molar refractivity (Wildman–Crippen MR) is 114 cm³/mol. The van der Waals surface area contributed by atoms with Crippen molar-refractivity contribution >= 4 is 22.4 Å². The van der Waals surface area contributed by atoms with E-state index in [1.165, 1.54) is 0 Å². The highest BCUT2D eigenvalue weighted by Crippen LogP contribution is 2.28. The number of aromatic nitrogens is 3. The molecular formula is C21H24N8. The van der Waals surface area contributed by atoms with Crippen LogP contribution in [0.15, 0.2) is 30.5 Å². The Bertz CT molecular complexity index is 1080. The Kier molecular flexibility index (Phi) is 5.25. The molecular weight excluding hydrogens is 364 g/mol. The van der Waals surface area contributed by atoms with E-state index in [0.717, 1.165) is 59.6 Å². The van der Waals surface area contributed by atoms with Crippen molar-refractivity contribution in [2.75, 3.05) is 36.4 Å². The third-order valence-corrected chi connectivity index (χ3v) is 5.40. The summed E-state index contributed by atoms with van der Waals surface area (Å²) >= 11 is 0. The van der Waals surface area contributed by atoms with Gasteiger partial charge in [0.25, 0.3) is 0 Å². The van der Waals surface area contributed by atoms with Crippen LogP contribution in [0.4, 0.5) is 11.6 Å². The standard InChI is InChI=1S/C21H24N8/c1-13-15(11-22)4-3-5-16(13)20(23)26-21-17-10-19(29-8-6-24-7-9-29)25-12-18(17)14(2)27-28-21/h3-5,10,12,20,24H,6-9,23H2,1-2H3,(H,26,28)/t20-/m0/s1. The second-order valence-corrected chi connectivity index (χ2v) is 7.21. The Morgan fingerprint density at radius 1 is 1.21 bits per heavy atom. The van der Waals surface area contributed by atoms with E-state index in [9.17, 15) is 5.26 Å². The summed E-state index contributed by atoms with van der Waals surface area (Å²) in [6.45, 7) is 7.54. The Balaban J connectivity index is 1.71. The third kappa shape index (κ3) is 3.70. The van der Waals surface area contributed by atoms with Crippen molar-refractivity contribution in [2.24, 2.45) is 5.73 Å². The third-order valence-electron chi connectivity index (χ3n) is 5.40. The average molecular weight is 388 g/mol. The zero-order chi connectivity index (χ0) is 20.4. The highest BCUT2D eigenvalue weighted by atomic mass is 15.2. The number of nitriles is 1. The highest BCUT2D eigenvalue weighted by molar-refractivity contribution is 5.94. The normalized spacial score (nSPS) is 15.2. The van der Waals surface area contributed by atoms with E-state index in [4.69, 9.17) is 5.73 Å². The van der Waals surface area contributed by atoms with Crippen molar-refractivity contribution in [1.29, 1.82) is 5.26 Å². The summed E-state index contributed by atoms with van der Waals surface area (Å²) in [6, 6.07) is 9.81. The van der Waals surface area contributed by atoms with Gasteiger partial charge in [-0.3, -0.25) is 0 Å². The summed E-state index contributed by atoms with van der Waals surface area (Å²) in [5, 5.41) is 26.4. The minimum atomic E-state index is -0.515. The molecule has 1 aliphatic rings. The Morgan fingerprint density at radius 3 is 2.76 bits per heavy atom. The number of nitrogens with one attached hydrogen (secondary N) is 2. The van der Waals surface area contributed by atoms with Crippen molar-refractivity contribution in [3.8, 4) is 6.07 Å². The van der Waals surface area contributed by atoms with Gasteiger partial charge >= 0.3 is 0 Å². The first-order valence-electron chi connectivity index (χ1n) is 9.69. The Hall–Kier alpha value is -3.28. The van der Waals surface area contributed by atoms with Crippen molar-refractivity contribution < 1.29 is 0 Å². The lowest BCUT2D eigenvalue weighted by Gasteiger charge is -2.28. The largest absolute Gasteiger partial charge is 0.354 e. The van der Waals surface area contributed by atoms with Crippen LogP contribution in [0.5, 0.6) is 0 Å². The number of nitrogens with two attached hydrogens (primary N) is 1. The summed E-state index contributed by atoms with van der Waals surface area (Å²) in [5.74, 6) is 1.53. The van der Waals surface area contributed by atoms with Gasteiger partial charge in [-0.05, 0) is 37.1 Å². The molecule has 8 nitrogen and oxygen atoms in total. The fourth-order valence-corrected chi connectivity index (χ4v) is 3.67. The number of aryl methyl sites for hydroxylation is 1. The number of piperazine rings is 1. The van der Waals surface area contributed by atoms with Crippen molar-refractivity contribution in [1.82, 2.24) is 20.5 Å². The van der Waals surface area contributed by atoms with E-state index in [0.29, 0.717) is 11.4 Å². The molecule has 2 aromatic heterocycles. The van der Waals surface area contributed by atoms with Crippen LogP contribution in [0.1, 0.15) is 28.6 Å². The van der Waals surface area contributed by atoms with Crippen LogP contribution >= 0.6 is 0 Å². The molecule has 1 aliphatic heterocycles. The second kappa shape index (κ2) is 7.99. The van der Waals surface area contributed by atoms with E-state index in [-0.39, 0.29) is 0 Å². The number of nitrogens with zero attached hydrogens (tertiary/aromatic N) is 5. The molecule has 1 atom stereocenters. The Labute approximate surface area is 169 Å². The maximum absolute atomic E-state index is 9.29. The minimum absolute atomic E-state index is 0.515. The van der Waals surface area contributed by atoms with E-state index < -0.39 is 6.17 Å². The summed E-state index contributed by atoms with van der Waals surface area (Å²) in [7, 11) is 0. The molecule has 3 heterocycles. The summed E-state index contributed by atoms with van der Waals surface area (Å²) < 4.78 is 0. The van der Waals surface area contributed by atoms with Crippen LogP contribution in [0.2, 0.25) is 0 Å². The summed E-state index contributed by atoms with van der Waals surface area (Å²) in [6.07, 6.45) is 1.34. The van der Waals surface area contributed by atoms with Crippen molar-refractivity contribution in [3.05, 3.63) is 52.8 Å². The first-order chi connectivity index (χ1) is 14.1. The number of anilines is 2. The van der Waals surface area contributed by atoms with E-state index in [1.807, 2.05) is 32.2 Å². The molecule has 3 aromatic rings. The van der Waals surface area contributed by atoms with E-state index in [2.05, 4.69) is 42.9 Å². The lowest BCUT2D eigenvalue weighted by Crippen LogP contribution is -2.43. The molecule has 0 radical (unpaired) electrons. The predicted octanol–water partition coefficient (Wildman–Crippen LogP) is 1.99. The maximum atomic E-state index is 9.29. The lowest BCUT2D eigenvalue weighted by molar-refractivity contribution is 0.585. The molecule has 0 bridgehead atoms. The van der Waals surface area contributed by atoms with Crippen LogP contribution in [-0.2, 0) is 0 Å². The molecule has 0 amide bonds. The van der Waals surface area contributed by atoms with Gasteiger partial charge in [0.2, 0.25) is 0 Å². The first-order valence-corrected chi connectivity index (χ1v) is 9.69. The number of benzene rings is 1. The zero-order valence-electron chi connectivity index (χ0n) is 16.6. The van der Waals surface area contributed by atoms with Gasteiger partial charge in [-0.15, -0.1) is 5.10 Å². The first kappa shape index (κ1) is 19.1. The molecule has 1 fully saturated rings. The highest BCUT2D eigenvalue weighted by Gasteiger charge is 2.17. The molecule has 0 unspecified atom stereocenters. The molecule has 0 aliphatic carbocycles. The molecule has 4 rings (SSSR count). The van der Waals surface area contributed by atoms with Crippen molar-refractivity contribution in [3.63, 3.8) is 0 Å². The number of rotatable bonds is 4. The number of hydrogen-bond donors (Lipinski definition) is 3. The fourth-order valence-electron chi connectivity index (χ4n) is 3.67. The van der Waals surface area contributed by atoms with Gasteiger partial charge in [0.15, 0.2) is 5.82 Å². The molecule has 148 valence electrons. The second-order valence-electron chi connectivity index (χ2n) is 7.21. The molecule has 8 heteroatoms. The summed E-state index contributed by atoms with van der Waals surface area (Å²) in [5.41, 5.74) is 9.60. The van der Waals surface area contributed by atoms with E-state index in [1.54, 1.807) is 6.07 Å². The zero-order valence-corrected chi connectivity index (χ0v) is 16.6. The Morgan fingerprint density at radius 2 is 2.00 bits per heavy atom. The van der Waals surface area contributed by atoms with Gasteiger partial charge in [0.05, 0.1) is 17.3 Å². The summed E-state index contributed by atoms with van der Waals surface area (Å²) in [4.78, 5) is 6.90. The maximum Gasteiger partial charge on any atom is 0.158 e. The van der Waals surface area contributed by atoms with Gasteiger partial charge in [0.1, 0.15) is 12.0 Å². The molecule has 1 saturated heterocycles. The molecule has 0 saturated carbocycles. The quantitative estimate of drug-likeness (QED) is 0.581. The number of hydrogen-bond acceptors (Lipinski definition) is 8. The number of fused-ring (bicyclic) bond motifs is 1. The van der Waals surface area contributed by atoms with Crippen molar-refractivity contribution in [2.45, 2.75) is 20.0 Å². The van der Waals surface area contributed by atoms with Gasteiger partial charge in [-0.25, -0.2) is 4.98 Å². The fraction of sp³-hybridized carbons (Fsp3) is 0.333. The topological polar surface area (TPSA) is 116 Å². The van der Waals surface area contributed by atoms with Gasteiger partial charge < -0.3 is 21.3 Å². The van der Waals surface area contributed by atoms with Crippen LogP contribution in [-0.4, -0.2) is 41.4 Å². The lowest BCUT2D eigenvalue weighted by atomic mass is 10.0. The van der Waals surface area contributed by atoms with Gasteiger partial charge in [-0.1, -0.05) is 12.1 Å².